The van der Waals surface area contributed by atoms with Crippen molar-refractivity contribution in [2.75, 3.05) is 26.7 Å². The number of nitrogens with two attached hydrogens (primary N) is 1. The highest BCUT2D eigenvalue weighted by molar-refractivity contribution is 5.75. The van der Waals surface area contributed by atoms with Gasteiger partial charge < -0.3 is 15.7 Å². The molecule has 3 N–H and O–H groups in total. The fourth-order valence-corrected chi connectivity index (χ4v) is 1.06. The van der Waals surface area contributed by atoms with Crippen LogP contribution in [0.1, 0.15) is 25.7 Å². The lowest BCUT2D eigenvalue weighted by atomic mass is 10.2. The Hall–Kier alpha value is -0.610. The van der Waals surface area contributed by atoms with Gasteiger partial charge >= 0.3 is 0 Å². The van der Waals surface area contributed by atoms with E-state index in [1.807, 2.05) is 0 Å². The summed E-state index contributed by atoms with van der Waals surface area (Å²) in [5.41, 5.74) is 5.32. The molecular formula is C9H20N2O2. The quantitative estimate of drug-likeness (QED) is 0.551. The summed E-state index contributed by atoms with van der Waals surface area (Å²) in [5.74, 6) is 0.103. The normalized spacial score (nSPS) is 10.1. The van der Waals surface area contributed by atoms with Crippen molar-refractivity contribution in [1.29, 1.82) is 0 Å². The molecule has 0 bridgehead atoms. The van der Waals surface area contributed by atoms with Crippen LogP contribution in [0.4, 0.5) is 0 Å². The zero-order chi connectivity index (χ0) is 10.1. The lowest BCUT2D eigenvalue weighted by Crippen LogP contribution is -2.29. The van der Waals surface area contributed by atoms with Crippen LogP contribution in [0.15, 0.2) is 0 Å². The highest BCUT2D eigenvalue weighted by Crippen LogP contribution is 2.01. The Balaban J connectivity index is 3.38. The lowest BCUT2D eigenvalue weighted by Gasteiger charge is -2.15. The minimum Gasteiger partial charge on any atom is -0.395 e. The van der Waals surface area contributed by atoms with Crippen molar-refractivity contribution in [2.45, 2.75) is 25.7 Å². The van der Waals surface area contributed by atoms with Crippen LogP contribution in [-0.4, -0.2) is 42.7 Å². The molecule has 0 spiro atoms. The summed E-state index contributed by atoms with van der Waals surface area (Å²) in [6.45, 7) is 1.15. The van der Waals surface area contributed by atoms with E-state index in [0.717, 1.165) is 19.3 Å². The van der Waals surface area contributed by atoms with E-state index in [-0.39, 0.29) is 12.5 Å². The third-order valence-corrected chi connectivity index (χ3v) is 1.96. The molecule has 0 aromatic carbocycles. The first-order chi connectivity index (χ1) is 6.22. The number of unbranched alkanes of at least 4 members (excludes halogenated alkanes) is 2. The number of nitrogens with zero attached hydrogens (tertiary/aromatic N) is 1. The first-order valence-electron chi connectivity index (χ1n) is 4.77. The van der Waals surface area contributed by atoms with Gasteiger partial charge in [0.1, 0.15) is 0 Å². The van der Waals surface area contributed by atoms with Crippen molar-refractivity contribution < 1.29 is 9.90 Å². The Morgan fingerprint density at radius 2 is 2.08 bits per heavy atom. The molecule has 13 heavy (non-hydrogen) atoms. The Labute approximate surface area is 79.7 Å². The number of carbonyl (C=O) groups is 1. The summed E-state index contributed by atoms with van der Waals surface area (Å²) < 4.78 is 0. The third kappa shape index (κ3) is 6.54. The molecule has 0 radical (unpaired) electrons. The van der Waals surface area contributed by atoms with Gasteiger partial charge in [0, 0.05) is 20.0 Å². The molecule has 0 aromatic rings. The van der Waals surface area contributed by atoms with E-state index in [4.69, 9.17) is 10.8 Å². The number of amides is 1. The van der Waals surface area contributed by atoms with Gasteiger partial charge in [-0.25, -0.2) is 0 Å². The molecule has 0 heterocycles. The average molecular weight is 188 g/mol. The highest BCUT2D eigenvalue weighted by Gasteiger charge is 2.06. The van der Waals surface area contributed by atoms with Gasteiger partial charge in [-0.2, -0.15) is 0 Å². The third-order valence-electron chi connectivity index (χ3n) is 1.96. The first kappa shape index (κ1) is 12.4. The fraction of sp³-hybridized carbons (Fsp3) is 0.889. The van der Waals surface area contributed by atoms with Crippen LogP contribution in [0.25, 0.3) is 0 Å². The number of aliphatic hydroxyl groups excluding tert-OH is 1. The maximum Gasteiger partial charge on any atom is 0.222 e. The van der Waals surface area contributed by atoms with Crippen molar-refractivity contribution >= 4 is 5.91 Å². The number of carbonyl (C=O) groups excluding carboxylic acids is 1. The van der Waals surface area contributed by atoms with Crippen molar-refractivity contribution in [3.8, 4) is 0 Å². The summed E-state index contributed by atoms with van der Waals surface area (Å²) in [6.07, 6.45) is 3.45. The molecule has 78 valence electrons. The second-order valence-electron chi connectivity index (χ2n) is 3.14. The van der Waals surface area contributed by atoms with Crippen LogP contribution in [0.2, 0.25) is 0 Å². The van der Waals surface area contributed by atoms with Gasteiger partial charge in [-0.15, -0.1) is 0 Å². The summed E-state index contributed by atoms with van der Waals surface area (Å²) in [4.78, 5) is 12.8. The molecule has 0 saturated carbocycles. The van der Waals surface area contributed by atoms with Crippen LogP contribution < -0.4 is 5.73 Å². The zero-order valence-electron chi connectivity index (χ0n) is 8.33. The Morgan fingerprint density at radius 3 is 2.62 bits per heavy atom. The molecule has 0 rings (SSSR count). The molecule has 0 saturated heterocycles. The summed E-state index contributed by atoms with van der Waals surface area (Å²) in [7, 11) is 1.71. The van der Waals surface area contributed by atoms with E-state index < -0.39 is 0 Å². The minimum absolute atomic E-state index is 0.0328. The predicted molar refractivity (Wildman–Crippen MR) is 52.2 cm³/mol. The molecule has 0 atom stereocenters. The number of hydrogen-bond acceptors (Lipinski definition) is 3. The zero-order valence-corrected chi connectivity index (χ0v) is 8.33. The predicted octanol–water partition coefficient (Wildman–Crippen LogP) is -0.0438. The largest absolute Gasteiger partial charge is 0.395 e. The minimum atomic E-state index is 0.0328. The molecule has 4 nitrogen and oxygen atoms in total. The van der Waals surface area contributed by atoms with Crippen molar-refractivity contribution in [2.24, 2.45) is 5.73 Å². The average Bonchev–Trinajstić information content (AvgIpc) is 2.12. The topological polar surface area (TPSA) is 66.6 Å². The lowest BCUT2D eigenvalue weighted by molar-refractivity contribution is -0.130. The van der Waals surface area contributed by atoms with Gasteiger partial charge in [0.15, 0.2) is 0 Å². The standard InChI is InChI=1S/C9H20N2O2/c1-11(7-8-12)9(13)5-3-2-4-6-10/h12H,2-8,10H2,1H3. The number of rotatable bonds is 7. The smallest absolute Gasteiger partial charge is 0.222 e. The SMILES string of the molecule is CN(CCO)C(=O)CCCCCN. The second kappa shape index (κ2) is 8.01. The van der Waals surface area contributed by atoms with Gasteiger partial charge in [-0.3, -0.25) is 4.79 Å². The molecule has 0 fully saturated rings. The number of aliphatic hydroxyl groups is 1. The maximum atomic E-state index is 11.3. The van der Waals surface area contributed by atoms with E-state index in [9.17, 15) is 4.79 Å². The van der Waals surface area contributed by atoms with E-state index in [1.54, 1.807) is 11.9 Å². The monoisotopic (exact) mass is 188 g/mol. The first-order valence-corrected chi connectivity index (χ1v) is 4.77. The van der Waals surface area contributed by atoms with Crippen molar-refractivity contribution in [3.63, 3.8) is 0 Å². The van der Waals surface area contributed by atoms with E-state index in [0.29, 0.717) is 19.5 Å². The summed E-state index contributed by atoms with van der Waals surface area (Å²) in [5, 5.41) is 8.58. The fourth-order valence-electron chi connectivity index (χ4n) is 1.06. The molecule has 1 amide bonds. The van der Waals surface area contributed by atoms with E-state index >= 15 is 0 Å². The van der Waals surface area contributed by atoms with Crippen molar-refractivity contribution in [3.05, 3.63) is 0 Å². The van der Waals surface area contributed by atoms with Gasteiger partial charge in [0.2, 0.25) is 5.91 Å². The molecule has 4 heteroatoms. The Kier molecular flexibility index (Phi) is 7.63. The van der Waals surface area contributed by atoms with E-state index in [2.05, 4.69) is 0 Å². The van der Waals surface area contributed by atoms with Gasteiger partial charge in [-0.1, -0.05) is 6.42 Å². The summed E-state index contributed by atoms with van der Waals surface area (Å²) >= 11 is 0. The van der Waals surface area contributed by atoms with Crippen LogP contribution >= 0.6 is 0 Å². The Bertz CT molecular complexity index is 140. The van der Waals surface area contributed by atoms with Crippen LogP contribution in [-0.2, 0) is 4.79 Å². The molecule has 0 aromatic heterocycles. The van der Waals surface area contributed by atoms with Gasteiger partial charge in [0.25, 0.3) is 0 Å². The van der Waals surface area contributed by atoms with Gasteiger partial charge in [-0.05, 0) is 19.4 Å². The van der Waals surface area contributed by atoms with Gasteiger partial charge in [0.05, 0.1) is 6.61 Å². The number of likely N-dealkylation sites (N-methyl/N-ethyl adjacent to an activating group) is 1. The second-order valence-corrected chi connectivity index (χ2v) is 3.14. The highest BCUT2D eigenvalue weighted by atomic mass is 16.3. The number of hydrogen-bond donors (Lipinski definition) is 2. The van der Waals surface area contributed by atoms with Crippen molar-refractivity contribution in [1.82, 2.24) is 4.90 Å². The molecule has 0 aliphatic carbocycles. The molecule has 0 unspecified atom stereocenters. The van der Waals surface area contributed by atoms with E-state index in [1.165, 1.54) is 0 Å². The molecular weight excluding hydrogens is 168 g/mol. The van der Waals surface area contributed by atoms with Crippen LogP contribution in [0.5, 0.6) is 0 Å². The van der Waals surface area contributed by atoms with Crippen LogP contribution in [0, 0.1) is 0 Å². The molecule has 0 aliphatic rings. The Morgan fingerprint density at radius 1 is 1.38 bits per heavy atom. The van der Waals surface area contributed by atoms with Crippen LogP contribution in [0.3, 0.4) is 0 Å². The maximum absolute atomic E-state index is 11.3. The summed E-state index contributed by atoms with van der Waals surface area (Å²) in [6, 6.07) is 0. The molecule has 0 aliphatic heterocycles.